The number of allylic oxidation sites excluding steroid dienone is 3. The van der Waals surface area contributed by atoms with E-state index in [-0.39, 0.29) is 18.2 Å². The van der Waals surface area contributed by atoms with Gasteiger partial charge < -0.3 is 0 Å². The van der Waals surface area contributed by atoms with E-state index in [1.54, 1.807) is 0 Å². The molecule has 0 heterocycles. The first-order valence-electron chi connectivity index (χ1n) is 13.9. The van der Waals surface area contributed by atoms with Gasteiger partial charge in [-0.3, -0.25) is 0 Å². The topological polar surface area (TPSA) is 29.5 Å². The molecule has 0 fully saturated rings. The van der Waals surface area contributed by atoms with Gasteiger partial charge in [-0.05, 0) is 0 Å². The van der Waals surface area contributed by atoms with Crippen molar-refractivity contribution in [2.45, 2.75) is 143 Å². The molecule has 0 bridgehead atoms. The zero-order valence-electron chi connectivity index (χ0n) is 23.6. The van der Waals surface area contributed by atoms with Crippen LogP contribution in [-0.4, -0.2) is 41.5 Å². The number of carbonyl (C=O) groups is 1. The molecule has 0 spiro atoms. The molecule has 0 aromatic carbocycles. The summed E-state index contributed by atoms with van der Waals surface area (Å²) in [5.74, 6) is 1.41. The maximum absolute atomic E-state index is 13.3. The molecular weight excluding hydrogens is 513 g/mol. The summed E-state index contributed by atoms with van der Waals surface area (Å²) < 4.78 is 11.4. The van der Waals surface area contributed by atoms with Gasteiger partial charge in [0.05, 0.1) is 0 Å². The average Bonchev–Trinajstić information content (AvgIpc) is 2.74. The Bertz CT molecular complexity index is 622. The second-order valence-electron chi connectivity index (χ2n) is 11.3. The van der Waals surface area contributed by atoms with Crippen molar-refractivity contribution in [3.8, 4) is 0 Å². The zero-order valence-corrected chi connectivity index (χ0v) is 26.4. The summed E-state index contributed by atoms with van der Waals surface area (Å²) in [5.41, 5.74) is 2.68. The normalized spacial score (nSPS) is 19.4. The third kappa shape index (κ3) is 8.61. The van der Waals surface area contributed by atoms with Gasteiger partial charge in [0.15, 0.2) is 0 Å². The Balaban J connectivity index is 3.47. The van der Waals surface area contributed by atoms with Crippen molar-refractivity contribution in [2.24, 2.45) is 5.92 Å². The van der Waals surface area contributed by atoms with Gasteiger partial charge in [-0.2, -0.15) is 0 Å². The summed E-state index contributed by atoms with van der Waals surface area (Å²) in [5, 5.41) is 0. The van der Waals surface area contributed by atoms with Crippen molar-refractivity contribution in [3.05, 3.63) is 23.5 Å². The molecule has 2 atom stereocenters. The summed E-state index contributed by atoms with van der Waals surface area (Å²) in [6.07, 6.45) is 9.88. The van der Waals surface area contributed by atoms with E-state index in [4.69, 9.17) is 4.74 Å². The molecule has 4 heteroatoms. The average molecular weight is 568 g/mol. The number of ether oxygens (including phenoxy) is 1. The van der Waals surface area contributed by atoms with E-state index >= 15 is 0 Å². The molecule has 33 heavy (non-hydrogen) atoms. The van der Waals surface area contributed by atoms with Crippen LogP contribution in [0.1, 0.15) is 114 Å². The first kappa shape index (κ1) is 30.6. The predicted molar refractivity (Wildman–Crippen MR) is 147 cm³/mol. The predicted octanol–water partition coefficient (Wildman–Crippen LogP) is 9.72. The van der Waals surface area contributed by atoms with Gasteiger partial charge in [0.2, 0.25) is 0 Å². The third-order valence-electron chi connectivity index (χ3n) is 7.97. The van der Waals surface area contributed by atoms with Gasteiger partial charge in [-0.1, -0.05) is 0 Å². The van der Waals surface area contributed by atoms with Crippen LogP contribution in [0, 0.1) is 5.92 Å². The monoisotopic (exact) mass is 569 g/mol. The molecule has 192 valence electrons. The molecule has 0 saturated heterocycles. The summed E-state index contributed by atoms with van der Waals surface area (Å²) in [7, 11) is 0. The Hall–Kier alpha value is -0.451. The Labute approximate surface area is 210 Å². The second kappa shape index (κ2) is 14.8. The van der Waals surface area contributed by atoms with Gasteiger partial charge >= 0.3 is 211 Å². The fourth-order valence-corrected chi connectivity index (χ4v) is 25.5. The molecule has 0 aromatic rings. The van der Waals surface area contributed by atoms with Crippen LogP contribution in [0.15, 0.2) is 23.5 Å². The summed E-state index contributed by atoms with van der Waals surface area (Å²) >= 11 is -2.54. The van der Waals surface area contributed by atoms with Gasteiger partial charge in [0, 0.05) is 0 Å². The van der Waals surface area contributed by atoms with E-state index in [2.05, 4.69) is 68.9 Å². The Kier molecular flexibility index (Phi) is 13.7. The quantitative estimate of drug-likeness (QED) is 0.154. The van der Waals surface area contributed by atoms with E-state index in [0.29, 0.717) is 9.85 Å². The van der Waals surface area contributed by atoms with E-state index in [9.17, 15) is 4.79 Å². The van der Waals surface area contributed by atoms with Gasteiger partial charge in [-0.15, -0.1) is 0 Å². The number of carbonyl (C=O) groups excluding carboxylic acids is 1. The second-order valence-corrected chi connectivity index (χ2v) is 25.3. The zero-order chi connectivity index (χ0) is 25.2. The van der Waals surface area contributed by atoms with Crippen molar-refractivity contribution in [1.29, 1.82) is 0 Å². The number of hydrogen-bond acceptors (Lipinski definition) is 2. The SMILES string of the molecule is C=C(C)[C@H]1CC(OC(=O)N(C(C)C)C(C)C)=C(C)[C@@H]([Sn]([CH2]CCC)([CH2]CCC)[CH2]CCC)C1. The van der Waals surface area contributed by atoms with Crippen molar-refractivity contribution >= 4 is 24.5 Å². The van der Waals surface area contributed by atoms with Crippen LogP contribution >= 0.6 is 0 Å². The van der Waals surface area contributed by atoms with Crippen LogP contribution in [0.5, 0.6) is 0 Å². The number of amides is 1. The number of hydrogen-bond donors (Lipinski definition) is 0. The minimum atomic E-state index is -2.54. The Morgan fingerprint density at radius 1 is 1.00 bits per heavy atom. The fraction of sp³-hybridized carbons (Fsp3) is 0.828. The molecule has 3 nitrogen and oxygen atoms in total. The van der Waals surface area contributed by atoms with E-state index in [1.807, 2.05) is 4.90 Å². The molecule has 0 unspecified atom stereocenters. The van der Waals surface area contributed by atoms with Crippen LogP contribution in [0.4, 0.5) is 4.79 Å². The molecule has 0 radical (unpaired) electrons. The number of rotatable bonds is 14. The van der Waals surface area contributed by atoms with Crippen LogP contribution < -0.4 is 0 Å². The molecule has 1 aliphatic rings. The molecule has 1 amide bonds. The fourth-order valence-electron chi connectivity index (χ4n) is 5.99. The van der Waals surface area contributed by atoms with Crippen molar-refractivity contribution in [2.75, 3.05) is 0 Å². The van der Waals surface area contributed by atoms with Crippen molar-refractivity contribution < 1.29 is 9.53 Å². The molecule has 0 aromatic heterocycles. The maximum atomic E-state index is 13.3. The van der Waals surface area contributed by atoms with Gasteiger partial charge in [-0.25, -0.2) is 0 Å². The minimum absolute atomic E-state index is 0.131. The van der Waals surface area contributed by atoms with E-state index < -0.39 is 18.4 Å². The van der Waals surface area contributed by atoms with Crippen LogP contribution in [0.3, 0.4) is 0 Å². The summed E-state index contributed by atoms with van der Waals surface area (Å²) in [6.45, 7) is 24.2. The molecule has 1 aliphatic carbocycles. The number of nitrogens with zero attached hydrogens (tertiary/aromatic N) is 1. The first-order valence-corrected chi connectivity index (χ1v) is 21.6. The molecule has 0 N–H and O–H groups in total. The first-order chi connectivity index (χ1) is 15.5. The van der Waals surface area contributed by atoms with Crippen LogP contribution in [0.25, 0.3) is 0 Å². The van der Waals surface area contributed by atoms with Gasteiger partial charge in [0.25, 0.3) is 0 Å². The summed E-state index contributed by atoms with van der Waals surface area (Å²) in [6, 6.07) is 0.262. The van der Waals surface area contributed by atoms with E-state index in [0.717, 1.165) is 12.2 Å². The Morgan fingerprint density at radius 2 is 1.45 bits per heavy atom. The van der Waals surface area contributed by atoms with Crippen molar-refractivity contribution in [1.82, 2.24) is 4.90 Å². The standard InChI is InChI=1S/C17H28NO2.3C4H9.Sn/c1-11(2)15-9-8-14(7)16(10-15)20-17(19)18(12(3)4)13(5)6;3*1-3-4-2;/h8,12-13,15H,1,9-10H2,2-7H3;3*1,3-4H2,2H3;/t15-;;;;/m1..../s1. The Morgan fingerprint density at radius 3 is 1.82 bits per heavy atom. The third-order valence-corrected chi connectivity index (χ3v) is 25.7. The van der Waals surface area contributed by atoms with Crippen LogP contribution in [-0.2, 0) is 4.74 Å². The van der Waals surface area contributed by atoms with Crippen LogP contribution in [0.2, 0.25) is 17.2 Å². The van der Waals surface area contributed by atoms with Gasteiger partial charge in [0.1, 0.15) is 0 Å². The molecule has 1 rings (SSSR count). The number of unbranched alkanes of at least 4 members (excludes halogenated alkanes) is 3. The molecular formula is C29H55NO2Sn. The van der Waals surface area contributed by atoms with Crippen molar-refractivity contribution in [3.63, 3.8) is 0 Å². The summed E-state index contributed by atoms with van der Waals surface area (Å²) in [4.78, 5) is 15.1. The van der Waals surface area contributed by atoms with E-state index in [1.165, 1.54) is 69.4 Å². The molecule has 0 aliphatic heterocycles. The molecule has 0 saturated carbocycles.